The molecule has 3 nitrogen and oxygen atoms in total. The van der Waals surface area contributed by atoms with Crippen molar-refractivity contribution in [3.05, 3.63) is 23.3 Å². The van der Waals surface area contributed by atoms with E-state index in [4.69, 9.17) is 0 Å². The minimum Gasteiger partial charge on any atom is -0.385 e. The van der Waals surface area contributed by atoms with E-state index in [0.717, 1.165) is 29.0 Å². The molecule has 19 heavy (non-hydrogen) atoms. The van der Waals surface area contributed by atoms with Crippen LogP contribution in [-0.4, -0.2) is 12.5 Å². The maximum atomic E-state index is 12.0. The Morgan fingerprint density at radius 3 is 2.11 bits per heavy atom. The smallest absolute Gasteiger partial charge is 0.224 e. The Morgan fingerprint density at radius 1 is 1.16 bits per heavy atom. The van der Waals surface area contributed by atoms with Crippen LogP contribution in [0.4, 0.5) is 11.4 Å². The van der Waals surface area contributed by atoms with Gasteiger partial charge in [0.2, 0.25) is 5.91 Å². The SMILES string of the molecule is CCNc1cc(C)c(NC(=O)CC(C)(C)C)c(C)c1. The molecule has 106 valence electrons. The van der Waals surface area contributed by atoms with Crippen molar-refractivity contribution in [2.24, 2.45) is 5.41 Å². The van der Waals surface area contributed by atoms with Crippen molar-refractivity contribution < 1.29 is 4.79 Å². The number of carbonyl (C=O) groups is 1. The molecule has 0 saturated carbocycles. The molecule has 0 aromatic heterocycles. The first-order valence-corrected chi connectivity index (χ1v) is 6.88. The van der Waals surface area contributed by atoms with Crippen LogP contribution in [0.3, 0.4) is 0 Å². The fraction of sp³-hybridized carbons (Fsp3) is 0.562. The van der Waals surface area contributed by atoms with Crippen LogP contribution in [0.5, 0.6) is 0 Å². The summed E-state index contributed by atoms with van der Waals surface area (Å²) < 4.78 is 0. The predicted octanol–water partition coefficient (Wildman–Crippen LogP) is 4.11. The Kier molecular flexibility index (Phi) is 4.98. The fourth-order valence-corrected chi connectivity index (χ4v) is 2.13. The summed E-state index contributed by atoms with van der Waals surface area (Å²) in [5.74, 6) is 0.0786. The molecule has 1 aromatic carbocycles. The molecule has 0 fully saturated rings. The van der Waals surface area contributed by atoms with Gasteiger partial charge in [0, 0.05) is 24.3 Å². The van der Waals surface area contributed by atoms with Crippen LogP contribution in [0.1, 0.15) is 45.2 Å². The van der Waals surface area contributed by atoms with Crippen molar-refractivity contribution in [2.45, 2.75) is 48.0 Å². The Balaban J connectivity index is 2.87. The molecule has 0 heterocycles. The van der Waals surface area contributed by atoms with E-state index in [-0.39, 0.29) is 11.3 Å². The average Bonchev–Trinajstić information content (AvgIpc) is 2.21. The molecular formula is C16H26N2O. The highest BCUT2D eigenvalue weighted by atomic mass is 16.1. The zero-order chi connectivity index (χ0) is 14.6. The fourth-order valence-electron chi connectivity index (χ4n) is 2.13. The van der Waals surface area contributed by atoms with Gasteiger partial charge in [-0.05, 0) is 49.4 Å². The predicted molar refractivity (Wildman–Crippen MR) is 82.8 cm³/mol. The molecule has 0 bridgehead atoms. The summed E-state index contributed by atoms with van der Waals surface area (Å²) in [6, 6.07) is 4.15. The van der Waals surface area contributed by atoms with Gasteiger partial charge >= 0.3 is 0 Å². The maximum Gasteiger partial charge on any atom is 0.224 e. The van der Waals surface area contributed by atoms with E-state index < -0.39 is 0 Å². The monoisotopic (exact) mass is 262 g/mol. The van der Waals surface area contributed by atoms with Crippen molar-refractivity contribution >= 4 is 17.3 Å². The molecule has 3 heteroatoms. The van der Waals surface area contributed by atoms with E-state index >= 15 is 0 Å². The van der Waals surface area contributed by atoms with E-state index in [9.17, 15) is 4.79 Å². The number of aryl methyl sites for hydroxylation is 2. The molecule has 1 aromatic rings. The third kappa shape index (κ3) is 4.93. The van der Waals surface area contributed by atoms with Gasteiger partial charge in [-0.2, -0.15) is 0 Å². The molecule has 0 unspecified atom stereocenters. The number of hydrogen-bond donors (Lipinski definition) is 2. The van der Waals surface area contributed by atoms with Crippen LogP contribution in [0.15, 0.2) is 12.1 Å². The van der Waals surface area contributed by atoms with E-state index in [1.54, 1.807) is 0 Å². The van der Waals surface area contributed by atoms with Crippen molar-refractivity contribution in [3.63, 3.8) is 0 Å². The first-order valence-electron chi connectivity index (χ1n) is 6.88. The van der Waals surface area contributed by atoms with Gasteiger partial charge in [-0.25, -0.2) is 0 Å². The van der Waals surface area contributed by atoms with Crippen molar-refractivity contribution in [2.75, 3.05) is 17.2 Å². The van der Waals surface area contributed by atoms with Gasteiger partial charge in [0.15, 0.2) is 0 Å². The summed E-state index contributed by atoms with van der Waals surface area (Å²) in [7, 11) is 0. The first kappa shape index (κ1) is 15.5. The summed E-state index contributed by atoms with van der Waals surface area (Å²) in [6.45, 7) is 13.2. The normalized spacial score (nSPS) is 11.3. The molecular weight excluding hydrogens is 236 g/mol. The molecule has 1 rings (SSSR count). The van der Waals surface area contributed by atoms with E-state index in [0.29, 0.717) is 6.42 Å². The number of hydrogen-bond acceptors (Lipinski definition) is 2. The Bertz CT molecular complexity index is 435. The largest absolute Gasteiger partial charge is 0.385 e. The molecule has 0 aliphatic rings. The molecule has 0 spiro atoms. The first-order chi connectivity index (χ1) is 8.73. The van der Waals surface area contributed by atoms with Gasteiger partial charge in [0.05, 0.1) is 0 Å². The van der Waals surface area contributed by atoms with Gasteiger partial charge in [-0.3, -0.25) is 4.79 Å². The lowest BCUT2D eigenvalue weighted by molar-refractivity contribution is -0.117. The Morgan fingerprint density at radius 2 is 1.68 bits per heavy atom. The quantitative estimate of drug-likeness (QED) is 0.857. The highest BCUT2D eigenvalue weighted by molar-refractivity contribution is 5.93. The minimum atomic E-state index is 0.00952. The van der Waals surface area contributed by atoms with Crippen LogP contribution in [0.2, 0.25) is 0 Å². The van der Waals surface area contributed by atoms with E-state index in [2.05, 4.69) is 50.5 Å². The average molecular weight is 262 g/mol. The van der Waals surface area contributed by atoms with E-state index in [1.165, 1.54) is 0 Å². The van der Waals surface area contributed by atoms with Crippen molar-refractivity contribution in [1.82, 2.24) is 0 Å². The minimum absolute atomic E-state index is 0.00952. The number of benzene rings is 1. The maximum absolute atomic E-state index is 12.0. The second kappa shape index (κ2) is 6.09. The number of anilines is 2. The standard InChI is InChI=1S/C16H26N2O/c1-7-17-13-8-11(2)15(12(3)9-13)18-14(19)10-16(4,5)6/h8-9,17H,7,10H2,1-6H3,(H,18,19). The van der Waals surface area contributed by atoms with Gasteiger partial charge < -0.3 is 10.6 Å². The second-order valence-electron chi connectivity index (χ2n) is 6.30. The number of amides is 1. The van der Waals surface area contributed by atoms with Crippen molar-refractivity contribution in [3.8, 4) is 0 Å². The summed E-state index contributed by atoms with van der Waals surface area (Å²) >= 11 is 0. The van der Waals surface area contributed by atoms with Crippen LogP contribution in [0, 0.1) is 19.3 Å². The molecule has 1 amide bonds. The lowest BCUT2D eigenvalue weighted by Gasteiger charge is -2.19. The highest BCUT2D eigenvalue weighted by Gasteiger charge is 2.17. The zero-order valence-corrected chi connectivity index (χ0v) is 13.0. The highest BCUT2D eigenvalue weighted by Crippen LogP contribution is 2.26. The number of nitrogens with one attached hydrogen (secondary N) is 2. The van der Waals surface area contributed by atoms with Crippen molar-refractivity contribution in [1.29, 1.82) is 0 Å². The van der Waals surface area contributed by atoms with E-state index in [1.807, 2.05) is 13.8 Å². The number of rotatable bonds is 4. The lowest BCUT2D eigenvalue weighted by Crippen LogP contribution is -2.20. The Labute approximate surface area is 116 Å². The van der Waals surface area contributed by atoms with Gasteiger partial charge in [-0.1, -0.05) is 20.8 Å². The van der Waals surface area contributed by atoms with Gasteiger partial charge in [-0.15, -0.1) is 0 Å². The van der Waals surface area contributed by atoms with Crippen LogP contribution < -0.4 is 10.6 Å². The molecule has 0 radical (unpaired) electrons. The number of carbonyl (C=O) groups excluding carboxylic acids is 1. The Hall–Kier alpha value is -1.51. The van der Waals surface area contributed by atoms with Gasteiger partial charge in [0.1, 0.15) is 0 Å². The third-order valence-electron chi connectivity index (χ3n) is 2.87. The lowest BCUT2D eigenvalue weighted by atomic mass is 9.92. The zero-order valence-electron chi connectivity index (χ0n) is 13.0. The molecule has 0 saturated heterocycles. The molecule has 2 N–H and O–H groups in total. The van der Waals surface area contributed by atoms with Crippen LogP contribution in [0.25, 0.3) is 0 Å². The second-order valence-corrected chi connectivity index (χ2v) is 6.30. The molecule has 0 aliphatic heterocycles. The van der Waals surface area contributed by atoms with Gasteiger partial charge in [0.25, 0.3) is 0 Å². The topological polar surface area (TPSA) is 41.1 Å². The summed E-state index contributed by atoms with van der Waals surface area (Å²) in [4.78, 5) is 12.0. The third-order valence-corrected chi connectivity index (χ3v) is 2.87. The summed E-state index contributed by atoms with van der Waals surface area (Å²) in [5, 5.41) is 6.33. The summed E-state index contributed by atoms with van der Waals surface area (Å²) in [5.41, 5.74) is 4.24. The van der Waals surface area contributed by atoms with Crippen LogP contribution >= 0.6 is 0 Å². The summed E-state index contributed by atoms with van der Waals surface area (Å²) in [6.07, 6.45) is 0.529. The molecule has 0 atom stereocenters. The van der Waals surface area contributed by atoms with Crippen LogP contribution in [-0.2, 0) is 4.79 Å². The molecule has 0 aliphatic carbocycles.